The summed E-state index contributed by atoms with van der Waals surface area (Å²) in [6.45, 7) is 8.28. The lowest BCUT2D eigenvalue weighted by molar-refractivity contribution is 0.0629. The van der Waals surface area contributed by atoms with Crippen LogP contribution in [0.1, 0.15) is 38.1 Å². The standard InChI is InChI=1S/C14H20Cl2N2O/c1-8(14(2,3)4)18(5)13(19)9-6-10(15)12(16)11(17)7-9/h6-8H,17H2,1-5H3. The molecule has 2 N–H and O–H groups in total. The minimum Gasteiger partial charge on any atom is -0.397 e. The number of amides is 1. The van der Waals surface area contributed by atoms with E-state index < -0.39 is 0 Å². The fourth-order valence-corrected chi connectivity index (χ4v) is 2.03. The maximum Gasteiger partial charge on any atom is 0.253 e. The van der Waals surface area contributed by atoms with E-state index in [1.165, 1.54) is 0 Å². The van der Waals surface area contributed by atoms with Crippen LogP contribution in [0.15, 0.2) is 12.1 Å². The van der Waals surface area contributed by atoms with Gasteiger partial charge in [0.05, 0.1) is 15.7 Å². The van der Waals surface area contributed by atoms with Crippen molar-refractivity contribution in [3.05, 3.63) is 27.7 Å². The van der Waals surface area contributed by atoms with E-state index in [9.17, 15) is 4.79 Å². The molecule has 106 valence electrons. The van der Waals surface area contributed by atoms with Crippen LogP contribution >= 0.6 is 23.2 Å². The van der Waals surface area contributed by atoms with Crippen LogP contribution in [0.5, 0.6) is 0 Å². The fourth-order valence-electron chi connectivity index (χ4n) is 1.69. The first-order valence-corrected chi connectivity index (χ1v) is 6.83. The Kier molecular flexibility index (Phi) is 4.75. The average Bonchev–Trinajstić information content (AvgIpc) is 2.31. The van der Waals surface area contributed by atoms with Gasteiger partial charge in [-0.3, -0.25) is 4.79 Å². The molecule has 0 radical (unpaired) electrons. The molecule has 0 bridgehead atoms. The summed E-state index contributed by atoms with van der Waals surface area (Å²) < 4.78 is 0. The maximum absolute atomic E-state index is 12.4. The highest BCUT2D eigenvalue weighted by atomic mass is 35.5. The molecular weight excluding hydrogens is 283 g/mol. The summed E-state index contributed by atoms with van der Waals surface area (Å²) in [6.07, 6.45) is 0. The number of halogens is 2. The Morgan fingerprint density at radius 3 is 2.26 bits per heavy atom. The molecule has 0 aliphatic heterocycles. The minimum absolute atomic E-state index is 0.00776. The monoisotopic (exact) mass is 302 g/mol. The van der Waals surface area contributed by atoms with E-state index in [0.717, 1.165) is 0 Å². The molecule has 1 amide bonds. The number of hydrogen-bond donors (Lipinski definition) is 1. The van der Waals surface area contributed by atoms with Gasteiger partial charge < -0.3 is 10.6 Å². The Morgan fingerprint density at radius 1 is 1.32 bits per heavy atom. The van der Waals surface area contributed by atoms with Crippen LogP contribution in [0.3, 0.4) is 0 Å². The molecule has 5 heteroatoms. The van der Waals surface area contributed by atoms with Gasteiger partial charge in [-0.15, -0.1) is 0 Å². The Labute approximate surface area is 124 Å². The summed E-state index contributed by atoms with van der Waals surface area (Å²) >= 11 is 11.8. The lowest BCUT2D eigenvalue weighted by Crippen LogP contribution is -2.43. The molecule has 1 rings (SSSR count). The Bertz CT molecular complexity index is 472. The third-order valence-corrected chi connectivity index (χ3v) is 4.27. The number of nitrogen functional groups attached to an aromatic ring is 1. The molecule has 19 heavy (non-hydrogen) atoms. The van der Waals surface area contributed by atoms with Crippen molar-refractivity contribution in [2.75, 3.05) is 12.8 Å². The molecule has 1 aromatic carbocycles. The highest BCUT2D eigenvalue weighted by Crippen LogP contribution is 2.31. The summed E-state index contributed by atoms with van der Waals surface area (Å²) in [7, 11) is 1.77. The van der Waals surface area contributed by atoms with Crippen LogP contribution in [0.4, 0.5) is 5.69 Å². The normalized spacial score (nSPS) is 13.2. The molecule has 0 saturated heterocycles. The van der Waals surface area contributed by atoms with Gasteiger partial charge in [-0.2, -0.15) is 0 Å². The first kappa shape index (κ1) is 16.1. The zero-order chi connectivity index (χ0) is 15.0. The summed E-state index contributed by atoms with van der Waals surface area (Å²) in [4.78, 5) is 14.1. The lowest BCUT2D eigenvalue weighted by atomic mass is 9.87. The summed E-state index contributed by atoms with van der Waals surface area (Å²) in [5.74, 6) is -0.118. The number of rotatable bonds is 2. The second kappa shape index (κ2) is 5.59. The molecule has 0 spiro atoms. The molecule has 0 heterocycles. The first-order chi connectivity index (χ1) is 8.55. The molecule has 1 atom stereocenters. The number of carbonyl (C=O) groups is 1. The van der Waals surface area contributed by atoms with Crippen molar-refractivity contribution in [1.82, 2.24) is 4.90 Å². The minimum atomic E-state index is -0.118. The van der Waals surface area contributed by atoms with Crippen LogP contribution in [0.2, 0.25) is 10.0 Å². The van der Waals surface area contributed by atoms with Gasteiger partial charge in [0.15, 0.2) is 0 Å². The summed E-state index contributed by atoms with van der Waals surface area (Å²) in [5, 5.41) is 0.576. The molecule has 0 aliphatic carbocycles. The van der Waals surface area contributed by atoms with E-state index in [0.29, 0.717) is 16.3 Å². The number of nitrogens with zero attached hydrogens (tertiary/aromatic N) is 1. The number of benzene rings is 1. The zero-order valence-electron chi connectivity index (χ0n) is 11.9. The molecule has 0 aromatic heterocycles. The zero-order valence-corrected chi connectivity index (χ0v) is 13.4. The van der Waals surface area contributed by atoms with E-state index >= 15 is 0 Å². The Balaban J connectivity index is 3.08. The van der Waals surface area contributed by atoms with Crippen molar-refractivity contribution >= 4 is 34.8 Å². The van der Waals surface area contributed by atoms with E-state index in [1.54, 1.807) is 24.1 Å². The molecule has 3 nitrogen and oxygen atoms in total. The largest absolute Gasteiger partial charge is 0.397 e. The van der Waals surface area contributed by atoms with Crippen LogP contribution in [0.25, 0.3) is 0 Å². The van der Waals surface area contributed by atoms with Crippen molar-refractivity contribution in [3.63, 3.8) is 0 Å². The van der Waals surface area contributed by atoms with Crippen LogP contribution in [-0.4, -0.2) is 23.9 Å². The van der Waals surface area contributed by atoms with Crippen LogP contribution < -0.4 is 5.73 Å². The van der Waals surface area contributed by atoms with Crippen molar-refractivity contribution in [2.24, 2.45) is 5.41 Å². The van der Waals surface area contributed by atoms with Gasteiger partial charge in [0.25, 0.3) is 5.91 Å². The van der Waals surface area contributed by atoms with Crippen molar-refractivity contribution in [2.45, 2.75) is 33.7 Å². The predicted octanol–water partition coefficient (Wildman–Crippen LogP) is 4.08. The van der Waals surface area contributed by atoms with E-state index in [2.05, 4.69) is 20.8 Å². The van der Waals surface area contributed by atoms with Crippen molar-refractivity contribution < 1.29 is 4.79 Å². The van der Waals surface area contributed by atoms with E-state index in [-0.39, 0.29) is 22.4 Å². The number of nitrogens with two attached hydrogens (primary N) is 1. The number of carbonyl (C=O) groups excluding carboxylic acids is 1. The predicted molar refractivity (Wildman–Crippen MR) is 81.9 cm³/mol. The fraction of sp³-hybridized carbons (Fsp3) is 0.500. The quantitative estimate of drug-likeness (QED) is 0.837. The van der Waals surface area contributed by atoms with Gasteiger partial charge in [-0.05, 0) is 24.5 Å². The Hall–Kier alpha value is -0.930. The highest BCUT2D eigenvalue weighted by Gasteiger charge is 2.28. The Morgan fingerprint density at radius 2 is 1.84 bits per heavy atom. The van der Waals surface area contributed by atoms with Crippen molar-refractivity contribution in [3.8, 4) is 0 Å². The molecular formula is C14H20Cl2N2O. The number of anilines is 1. The van der Waals surface area contributed by atoms with Gasteiger partial charge in [0, 0.05) is 18.7 Å². The lowest BCUT2D eigenvalue weighted by Gasteiger charge is -2.35. The van der Waals surface area contributed by atoms with Gasteiger partial charge in [0.1, 0.15) is 0 Å². The third kappa shape index (κ3) is 3.54. The first-order valence-electron chi connectivity index (χ1n) is 6.07. The third-order valence-electron chi connectivity index (χ3n) is 3.46. The molecule has 1 aromatic rings. The van der Waals surface area contributed by atoms with E-state index in [4.69, 9.17) is 28.9 Å². The average molecular weight is 303 g/mol. The smallest absolute Gasteiger partial charge is 0.253 e. The van der Waals surface area contributed by atoms with Crippen LogP contribution in [0, 0.1) is 5.41 Å². The second-order valence-corrected chi connectivity index (χ2v) is 6.60. The van der Waals surface area contributed by atoms with E-state index in [1.807, 2.05) is 6.92 Å². The van der Waals surface area contributed by atoms with Gasteiger partial charge in [-0.25, -0.2) is 0 Å². The van der Waals surface area contributed by atoms with Gasteiger partial charge in [0.2, 0.25) is 0 Å². The molecule has 0 saturated carbocycles. The SMILES string of the molecule is CC(N(C)C(=O)c1cc(N)c(Cl)c(Cl)c1)C(C)(C)C. The molecule has 0 fully saturated rings. The number of hydrogen-bond acceptors (Lipinski definition) is 2. The molecule has 1 unspecified atom stereocenters. The topological polar surface area (TPSA) is 46.3 Å². The van der Waals surface area contributed by atoms with Crippen LogP contribution in [-0.2, 0) is 0 Å². The highest BCUT2D eigenvalue weighted by molar-refractivity contribution is 6.43. The maximum atomic E-state index is 12.4. The summed E-state index contributed by atoms with van der Waals surface area (Å²) in [5.41, 5.74) is 6.49. The summed E-state index contributed by atoms with van der Waals surface area (Å²) in [6, 6.07) is 3.19. The molecule has 0 aliphatic rings. The second-order valence-electron chi connectivity index (χ2n) is 5.82. The van der Waals surface area contributed by atoms with Gasteiger partial charge in [-0.1, -0.05) is 44.0 Å². The van der Waals surface area contributed by atoms with Gasteiger partial charge >= 0.3 is 0 Å². The van der Waals surface area contributed by atoms with Crippen molar-refractivity contribution in [1.29, 1.82) is 0 Å².